The normalized spacial score (nSPS) is 18.7. The highest BCUT2D eigenvalue weighted by Gasteiger charge is 2.24. The van der Waals surface area contributed by atoms with Gasteiger partial charge in [0.15, 0.2) is 0 Å². The molecule has 1 aromatic carbocycles. The fourth-order valence-electron chi connectivity index (χ4n) is 2.86. The third-order valence-electron chi connectivity index (χ3n) is 4.32. The molecule has 110 valence electrons. The first-order chi connectivity index (χ1) is 9.83. The molecule has 0 radical (unpaired) electrons. The van der Waals surface area contributed by atoms with Crippen molar-refractivity contribution in [2.24, 2.45) is 5.92 Å². The summed E-state index contributed by atoms with van der Waals surface area (Å²) in [6, 6.07) is 9.95. The number of nitrogens with zero attached hydrogens (tertiary/aromatic N) is 1. The molecule has 2 aliphatic carbocycles. The van der Waals surface area contributed by atoms with E-state index in [0.29, 0.717) is 0 Å². The lowest BCUT2D eigenvalue weighted by molar-refractivity contribution is 0.255. The molecule has 1 N–H and O–H groups in total. The third kappa shape index (κ3) is 4.60. The smallest absolute Gasteiger partial charge is 0.0233 e. The molecule has 0 unspecified atom stereocenters. The Morgan fingerprint density at radius 2 is 1.95 bits per heavy atom. The molecular formula is C18H28N2. The van der Waals surface area contributed by atoms with Crippen molar-refractivity contribution >= 4 is 0 Å². The molecule has 0 atom stereocenters. The molecule has 1 aromatic rings. The van der Waals surface area contributed by atoms with Crippen molar-refractivity contribution in [1.29, 1.82) is 0 Å². The highest BCUT2D eigenvalue weighted by atomic mass is 15.1. The van der Waals surface area contributed by atoms with Gasteiger partial charge in [0.1, 0.15) is 0 Å². The minimum absolute atomic E-state index is 0.796. The van der Waals surface area contributed by atoms with Gasteiger partial charge in [0.05, 0.1) is 0 Å². The van der Waals surface area contributed by atoms with Crippen LogP contribution in [-0.4, -0.2) is 24.0 Å². The maximum absolute atomic E-state index is 3.61. The fraction of sp³-hybridized carbons (Fsp3) is 0.667. The molecular weight excluding hydrogens is 244 g/mol. The molecule has 2 aliphatic rings. The van der Waals surface area contributed by atoms with Crippen molar-refractivity contribution < 1.29 is 0 Å². The van der Waals surface area contributed by atoms with Crippen LogP contribution in [0.3, 0.4) is 0 Å². The Labute approximate surface area is 123 Å². The minimum Gasteiger partial charge on any atom is -0.310 e. The zero-order valence-corrected chi connectivity index (χ0v) is 12.8. The van der Waals surface area contributed by atoms with Gasteiger partial charge in [-0.1, -0.05) is 31.2 Å². The molecule has 0 heterocycles. The van der Waals surface area contributed by atoms with Crippen LogP contribution in [0.25, 0.3) is 0 Å². The van der Waals surface area contributed by atoms with E-state index in [1.807, 2.05) is 0 Å². The second kappa shape index (κ2) is 6.73. The lowest BCUT2D eigenvalue weighted by atomic mass is 10.1. The number of rotatable bonds is 9. The van der Waals surface area contributed by atoms with E-state index in [1.54, 1.807) is 0 Å². The molecule has 0 aromatic heterocycles. The lowest BCUT2D eigenvalue weighted by Gasteiger charge is -2.22. The molecule has 0 spiro atoms. The molecule has 20 heavy (non-hydrogen) atoms. The Balaban J connectivity index is 1.54. The van der Waals surface area contributed by atoms with Crippen molar-refractivity contribution in [1.82, 2.24) is 10.2 Å². The van der Waals surface area contributed by atoms with Crippen molar-refractivity contribution in [2.45, 2.75) is 58.2 Å². The molecule has 2 heteroatoms. The van der Waals surface area contributed by atoms with Gasteiger partial charge in [-0.15, -0.1) is 0 Å². The summed E-state index contributed by atoms with van der Waals surface area (Å²) in [6.45, 7) is 6.99. The Bertz CT molecular complexity index is 421. The Morgan fingerprint density at radius 3 is 2.65 bits per heavy atom. The minimum atomic E-state index is 0.796. The van der Waals surface area contributed by atoms with Gasteiger partial charge in [-0.3, -0.25) is 4.90 Å². The summed E-state index contributed by atoms with van der Waals surface area (Å²) in [4.78, 5) is 2.64. The first kappa shape index (κ1) is 14.1. The maximum Gasteiger partial charge on any atom is 0.0233 e. The van der Waals surface area contributed by atoms with Crippen molar-refractivity contribution in [3.63, 3.8) is 0 Å². The van der Waals surface area contributed by atoms with Crippen LogP contribution in [0.2, 0.25) is 0 Å². The molecule has 0 bridgehead atoms. The summed E-state index contributed by atoms with van der Waals surface area (Å²) < 4.78 is 0. The second-order valence-corrected chi connectivity index (χ2v) is 6.65. The Hall–Kier alpha value is -0.860. The number of hydrogen-bond acceptors (Lipinski definition) is 2. The Kier molecular flexibility index (Phi) is 4.74. The molecule has 2 nitrogen and oxygen atoms in total. The van der Waals surface area contributed by atoms with E-state index in [-0.39, 0.29) is 0 Å². The largest absolute Gasteiger partial charge is 0.310 e. The first-order valence-corrected chi connectivity index (χ1v) is 8.37. The third-order valence-corrected chi connectivity index (χ3v) is 4.32. The number of nitrogens with one attached hydrogen (secondary N) is 1. The molecule has 0 saturated heterocycles. The van der Waals surface area contributed by atoms with Gasteiger partial charge in [-0.05, 0) is 55.7 Å². The van der Waals surface area contributed by atoms with E-state index in [9.17, 15) is 0 Å². The van der Waals surface area contributed by atoms with Gasteiger partial charge in [0.25, 0.3) is 0 Å². The van der Waals surface area contributed by atoms with Crippen LogP contribution in [0, 0.1) is 5.92 Å². The first-order valence-electron chi connectivity index (χ1n) is 8.37. The van der Waals surface area contributed by atoms with Gasteiger partial charge >= 0.3 is 0 Å². The summed E-state index contributed by atoms with van der Waals surface area (Å²) in [5.41, 5.74) is 2.92. The highest BCUT2D eigenvalue weighted by molar-refractivity contribution is 5.23. The zero-order chi connectivity index (χ0) is 13.8. The Morgan fingerprint density at radius 1 is 1.15 bits per heavy atom. The SMILES string of the molecule is CCCN(Cc1cccc(CNC2CC2)c1)CC1CC1. The summed E-state index contributed by atoms with van der Waals surface area (Å²) in [5.74, 6) is 0.987. The predicted molar refractivity (Wildman–Crippen MR) is 84.6 cm³/mol. The average molecular weight is 272 g/mol. The van der Waals surface area contributed by atoms with Crippen LogP contribution in [0.5, 0.6) is 0 Å². The standard InChI is InChI=1S/C18H28N2/c1-2-10-20(13-15-6-7-15)14-17-5-3-4-16(11-17)12-19-18-8-9-18/h3-5,11,15,18-19H,2,6-10,12-14H2,1H3. The monoisotopic (exact) mass is 272 g/mol. The summed E-state index contributed by atoms with van der Waals surface area (Å²) in [5, 5.41) is 3.61. The molecule has 0 aliphatic heterocycles. The van der Waals surface area contributed by atoms with Crippen molar-refractivity contribution in [3.8, 4) is 0 Å². The fourth-order valence-corrected chi connectivity index (χ4v) is 2.86. The summed E-state index contributed by atoms with van der Waals surface area (Å²) in [7, 11) is 0. The average Bonchev–Trinajstić information content (AvgIpc) is 3.32. The summed E-state index contributed by atoms with van der Waals surface area (Å²) in [6.07, 6.45) is 6.89. The number of benzene rings is 1. The topological polar surface area (TPSA) is 15.3 Å². The zero-order valence-electron chi connectivity index (χ0n) is 12.8. The van der Waals surface area contributed by atoms with Crippen LogP contribution in [0.1, 0.15) is 50.2 Å². The quantitative estimate of drug-likeness (QED) is 0.739. The van der Waals surface area contributed by atoms with E-state index < -0.39 is 0 Å². The van der Waals surface area contributed by atoms with Crippen molar-refractivity contribution in [3.05, 3.63) is 35.4 Å². The van der Waals surface area contributed by atoms with E-state index in [0.717, 1.165) is 25.0 Å². The van der Waals surface area contributed by atoms with Crippen LogP contribution >= 0.6 is 0 Å². The molecule has 3 rings (SSSR count). The predicted octanol–water partition coefficient (Wildman–Crippen LogP) is 3.56. The summed E-state index contributed by atoms with van der Waals surface area (Å²) >= 11 is 0. The van der Waals surface area contributed by atoms with E-state index in [2.05, 4.69) is 41.4 Å². The van der Waals surface area contributed by atoms with Gasteiger partial charge in [-0.25, -0.2) is 0 Å². The molecule has 0 amide bonds. The molecule has 2 fully saturated rings. The van der Waals surface area contributed by atoms with Crippen LogP contribution in [0.4, 0.5) is 0 Å². The van der Waals surface area contributed by atoms with E-state index in [1.165, 1.54) is 56.3 Å². The number of hydrogen-bond donors (Lipinski definition) is 1. The van der Waals surface area contributed by atoms with Crippen LogP contribution in [0.15, 0.2) is 24.3 Å². The highest BCUT2D eigenvalue weighted by Crippen LogP contribution is 2.30. The second-order valence-electron chi connectivity index (χ2n) is 6.65. The molecule has 2 saturated carbocycles. The van der Waals surface area contributed by atoms with Gasteiger partial charge < -0.3 is 5.32 Å². The van der Waals surface area contributed by atoms with Gasteiger partial charge in [0.2, 0.25) is 0 Å². The van der Waals surface area contributed by atoms with Crippen LogP contribution in [-0.2, 0) is 13.1 Å². The van der Waals surface area contributed by atoms with Gasteiger partial charge in [-0.2, -0.15) is 0 Å². The van der Waals surface area contributed by atoms with Crippen LogP contribution < -0.4 is 5.32 Å². The van der Waals surface area contributed by atoms with Crippen molar-refractivity contribution in [2.75, 3.05) is 13.1 Å². The van der Waals surface area contributed by atoms with E-state index in [4.69, 9.17) is 0 Å². The van der Waals surface area contributed by atoms with E-state index >= 15 is 0 Å². The lowest BCUT2D eigenvalue weighted by Crippen LogP contribution is -2.26. The van der Waals surface area contributed by atoms with Gasteiger partial charge in [0, 0.05) is 25.7 Å². The maximum atomic E-state index is 3.61.